The summed E-state index contributed by atoms with van der Waals surface area (Å²) in [6.07, 6.45) is -0.0492. The third-order valence-corrected chi connectivity index (χ3v) is 2.29. The topological polar surface area (TPSA) is 52.3 Å². The lowest BCUT2D eigenvalue weighted by Gasteiger charge is -2.12. The quantitative estimate of drug-likeness (QED) is 0.864. The van der Waals surface area contributed by atoms with E-state index in [2.05, 4.69) is 0 Å². The van der Waals surface area contributed by atoms with Crippen LogP contribution in [0.15, 0.2) is 18.2 Å². The van der Waals surface area contributed by atoms with Crippen LogP contribution in [-0.2, 0) is 9.53 Å². The fourth-order valence-electron chi connectivity index (χ4n) is 1.31. The fraction of sp³-hybridized carbons (Fsp3) is 0.364. The molecule has 1 rings (SSSR count). The monoisotopic (exact) mass is 281 g/mol. The summed E-state index contributed by atoms with van der Waals surface area (Å²) in [6.45, 7) is 1.99. The molecule has 0 fully saturated rings. The van der Waals surface area contributed by atoms with Gasteiger partial charge in [-0.3, -0.25) is 4.79 Å². The largest absolute Gasteiger partial charge is 0.466 e. The molecule has 0 bridgehead atoms. The van der Waals surface area contributed by atoms with Crippen LogP contribution in [0.2, 0.25) is 5.02 Å². The van der Waals surface area contributed by atoms with Crippen LogP contribution in [0.1, 0.15) is 24.9 Å². The van der Waals surface area contributed by atoms with Crippen molar-refractivity contribution in [3.05, 3.63) is 34.6 Å². The Hall–Kier alpha value is -0.840. The highest BCUT2D eigenvalue weighted by molar-refractivity contribution is 6.30. The summed E-state index contributed by atoms with van der Waals surface area (Å²) in [7, 11) is 0. The first-order valence-electron chi connectivity index (χ1n) is 4.90. The van der Waals surface area contributed by atoms with Gasteiger partial charge in [0, 0.05) is 16.6 Å². The van der Waals surface area contributed by atoms with Gasteiger partial charge in [-0.05, 0) is 19.1 Å². The van der Waals surface area contributed by atoms with E-state index in [0.29, 0.717) is 5.02 Å². The minimum absolute atomic E-state index is 0. The summed E-state index contributed by atoms with van der Waals surface area (Å²) in [5, 5.41) is 0.296. The molecule has 0 aliphatic heterocycles. The van der Waals surface area contributed by atoms with E-state index < -0.39 is 17.8 Å². The van der Waals surface area contributed by atoms with E-state index in [0.717, 1.165) is 0 Å². The van der Waals surface area contributed by atoms with Crippen LogP contribution in [0.3, 0.4) is 0 Å². The maximum atomic E-state index is 13.4. The van der Waals surface area contributed by atoms with E-state index in [9.17, 15) is 9.18 Å². The number of carbonyl (C=O) groups excluding carboxylic acids is 1. The number of hydrogen-bond acceptors (Lipinski definition) is 3. The van der Waals surface area contributed by atoms with Crippen LogP contribution in [0, 0.1) is 5.82 Å². The average Bonchev–Trinajstić information content (AvgIpc) is 2.17. The number of carbonyl (C=O) groups is 1. The molecule has 1 atom stereocenters. The Morgan fingerprint density at radius 1 is 1.59 bits per heavy atom. The minimum atomic E-state index is -0.712. The highest BCUT2D eigenvalue weighted by atomic mass is 35.5. The highest BCUT2D eigenvalue weighted by Gasteiger charge is 2.16. The van der Waals surface area contributed by atoms with Crippen molar-refractivity contribution in [2.24, 2.45) is 5.73 Å². The van der Waals surface area contributed by atoms with Crippen molar-refractivity contribution in [1.29, 1.82) is 0 Å². The zero-order valence-corrected chi connectivity index (χ0v) is 10.9. The molecule has 0 amide bonds. The number of rotatable bonds is 4. The lowest BCUT2D eigenvalue weighted by Crippen LogP contribution is -2.18. The van der Waals surface area contributed by atoms with E-state index in [1.165, 1.54) is 18.2 Å². The van der Waals surface area contributed by atoms with Crippen molar-refractivity contribution >= 4 is 30.0 Å². The first-order valence-corrected chi connectivity index (χ1v) is 5.28. The van der Waals surface area contributed by atoms with Crippen molar-refractivity contribution in [3.8, 4) is 0 Å². The Morgan fingerprint density at radius 2 is 2.24 bits per heavy atom. The minimum Gasteiger partial charge on any atom is -0.466 e. The van der Waals surface area contributed by atoms with E-state index in [-0.39, 0.29) is 31.0 Å². The molecule has 0 saturated carbocycles. The molecule has 0 aliphatic carbocycles. The van der Waals surface area contributed by atoms with Gasteiger partial charge < -0.3 is 10.5 Å². The van der Waals surface area contributed by atoms with Crippen LogP contribution < -0.4 is 5.73 Å². The Kier molecular flexibility index (Phi) is 7.11. The molecule has 0 spiro atoms. The van der Waals surface area contributed by atoms with Gasteiger partial charge in [-0.1, -0.05) is 17.7 Å². The molecule has 1 aromatic rings. The molecule has 0 unspecified atom stereocenters. The van der Waals surface area contributed by atoms with Gasteiger partial charge in [0.05, 0.1) is 13.0 Å². The summed E-state index contributed by atoms with van der Waals surface area (Å²) in [6, 6.07) is 3.46. The molecule has 96 valence electrons. The summed E-state index contributed by atoms with van der Waals surface area (Å²) in [5.41, 5.74) is 5.95. The van der Waals surface area contributed by atoms with Gasteiger partial charge in [0.25, 0.3) is 0 Å². The standard InChI is InChI=1S/C11H13ClFNO2.ClH/c1-2-16-11(15)6-10(14)8-4-3-7(12)5-9(8)13;/h3-5,10H,2,6,14H2,1H3;1H/t10-;/m0./s1. The van der Waals surface area contributed by atoms with Crippen molar-refractivity contribution in [2.45, 2.75) is 19.4 Å². The molecule has 3 nitrogen and oxygen atoms in total. The van der Waals surface area contributed by atoms with Crippen LogP contribution in [0.25, 0.3) is 0 Å². The summed E-state index contributed by atoms with van der Waals surface area (Å²) >= 11 is 5.60. The average molecular weight is 282 g/mol. The van der Waals surface area contributed by atoms with E-state index in [4.69, 9.17) is 22.1 Å². The second kappa shape index (κ2) is 7.48. The van der Waals surface area contributed by atoms with Crippen molar-refractivity contribution in [3.63, 3.8) is 0 Å². The first kappa shape index (κ1) is 16.2. The van der Waals surface area contributed by atoms with E-state index in [1.807, 2.05) is 0 Å². The fourth-order valence-corrected chi connectivity index (χ4v) is 1.47. The van der Waals surface area contributed by atoms with Gasteiger partial charge in [0.2, 0.25) is 0 Å². The van der Waals surface area contributed by atoms with Crippen molar-refractivity contribution in [1.82, 2.24) is 0 Å². The van der Waals surface area contributed by atoms with Crippen molar-refractivity contribution in [2.75, 3.05) is 6.61 Å². The molecule has 2 N–H and O–H groups in total. The number of ether oxygens (including phenoxy) is 1. The van der Waals surface area contributed by atoms with Gasteiger partial charge in [-0.25, -0.2) is 4.39 Å². The number of esters is 1. The summed E-state index contributed by atoms with van der Waals surface area (Å²) in [5.74, 6) is -0.950. The summed E-state index contributed by atoms with van der Waals surface area (Å²) < 4.78 is 18.2. The summed E-state index contributed by atoms with van der Waals surface area (Å²) in [4.78, 5) is 11.2. The Morgan fingerprint density at radius 3 is 2.76 bits per heavy atom. The SMILES string of the molecule is CCOC(=O)C[C@H](N)c1ccc(Cl)cc1F.Cl. The Balaban J connectivity index is 0.00000256. The van der Waals surface area contributed by atoms with Gasteiger partial charge in [0.15, 0.2) is 0 Å². The van der Waals surface area contributed by atoms with Crippen LogP contribution >= 0.6 is 24.0 Å². The second-order valence-electron chi connectivity index (χ2n) is 3.28. The van der Waals surface area contributed by atoms with Gasteiger partial charge in [-0.15, -0.1) is 12.4 Å². The van der Waals surface area contributed by atoms with Crippen molar-refractivity contribution < 1.29 is 13.9 Å². The highest BCUT2D eigenvalue weighted by Crippen LogP contribution is 2.21. The number of benzene rings is 1. The zero-order valence-electron chi connectivity index (χ0n) is 9.28. The molecule has 0 heterocycles. The van der Waals surface area contributed by atoms with Gasteiger partial charge >= 0.3 is 5.97 Å². The van der Waals surface area contributed by atoms with Gasteiger partial charge in [-0.2, -0.15) is 0 Å². The molecule has 0 aliphatic rings. The maximum Gasteiger partial charge on any atom is 0.307 e. The van der Waals surface area contributed by atoms with E-state index in [1.54, 1.807) is 6.92 Å². The molecule has 0 aromatic heterocycles. The first-order chi connectivity index (χ1) is 7.54. The van der Waals surface area contributed by atoms with Crippen LogP contribution in [0.4, 0.5) is 4.39 Å². The molecule has 6 heteroatoms. The van der Waals surface area contributed by atoms with Crippen LogP contribution in [-0.4, -0.2) is 12.6 Å². The molecule has 0 radical (unpaired) electrons. The van der Waals surface area contributed by atoms with Gasteiger partial charge in [0.1, 0.15) is 5.82 Å². The second-order valence-corrected chi connectivity index (χ2v) is 3.72. The molecule has 1 aromatic carbocycles. The molecular formula is C11H14Cl2FNO2. The third-order valence-electron chi connectivity index (χ3n) is 2.05. The smallest absolute Gasteiger partial charge is 0.307 e. The number of nitrogens with two attached hydrogens (primary N) is 1. The normalized spacial score (nSPS) is 11.5. The Labute approximate surface area is 110 Å². The van der Waals surface area contributed by atoms with Crippen LogP contribution in [0.5, 0.6) is 0 Å². The number of halogens is 3. The Bertz CT molecular complexity index is 388. The molecule has 0 saturated heterocycles. The van der Waals surface area contributed by atoms with E-state index >= 15 is 0 Å². The lowest BCUT2D eigenvalue weighted by atomic mass is 10.0. The zero-order chi connectivity index (χ0) is 12.1. The lowest BCUT2D eigenvalue weighted by molar-refractivity contribution is -0.143. The predicted octanol–water partition coefficient (Wildman–Crippen LogP) is 2.85. The maximum absolute atomic E-state index is 13.4. The number of hydrogen-bond donors (Lipinski definition) is 1. The molecule has 17 heavy (non-hydrogen) atoms. The predicted molar refractivity (Wildman–Crippen MR) is 66.8 cm³/mol. The third kappa shape index (κ3) is 4.89. The molecular weight excluding hydrogens is 268 g/mol.